The van der Waals surface area contributed by atoms with Crippen LogP contribution in [0.2, 0.25) is 0 Å². The minimum absolute atomic E-state index is 0.0919. The highest BCUT2D eigenvalue weighted by Gasteiger charge is 2.65. The summed E-state index contributed by atoms with van der Waals surface area (Å²) in [6.07, 6.45) is 8.03. The molecule has 6 heteroatoms. The van der Waals surface area contributed by atoms with E-state index in [4.69, 9.17) is 0 Å². The average Bonchev–Trinajstić information content (AvgIpc) is 3.06. The number of amides is 1. The number of allylic oxidation sites excluding steroid dienone is 1. The molecule has 4 rings (SSSR count). The standard InChI is InChI=1S/C26H42N2O4/c1-15(2)7-6-8-16(3)17-9-10-18-21-19(11-13-25(17,18)4)26(5)14-12-20(29)27-24(26)22(23(21)30)28(31)32/h15-19,21,23,30H,6-14H2,1-5H3,(H,27,29)/t16-,17-,18+,19+,21+,23?,25-,26-/m1/s1. The summed E-state index contributed by atoms with van der Waals surface area (Å²) in [6.45, 7) is 11.5. The Kier molecular flexibility index (Phi) is 6.23. The number of nitrogens with zero attached hydrogens (tertiary/aromatic N) is 1. The summed E-state index contributed by atoms with van der Waals surface area (Å²) in [5.41, 5.74) is -0.0396. The van der Waals surface area contributed by atoms with E-state index in [0.29, 0.717) is 36.3 Å². The molecule has 3 fully saturated rings. The summed E-state index contributed by atoms with van der Waals surface area (Å²) in [4.78, 5) is 23.8. The van der Waals surface area contributed by atoms with Crippen LogP contribution in [-0.4, -0.2) is 22.0 Å². The normalized spacial score (nSPS) is 42.2. The van der Waals surface area contributed by atoms with Crippen molar-refractivity contribution in [3.05, 3.63) is 21.5 Å². The smallest absolute Gasteiger partial charge is 0.294 e. The first-order valence-electron chi connectivity index (χ1n) is 12.9. The van der Waals surface area contributed by atoms with Crippen molar-refractivity contribution in [1.29, 1.82) is 0 Å². The van der Waals surface area contributed by atoms with Gasteiger partial charge in [0.1, 0.15) is 11.8 Å². The van der Waals surface area contributed by atoms with E-state index in [1.54, 1.807) is 0 Å². The zero-order chi connectivity index (χ0) is 23.4. The van der Waals surface area contributed by atoms with E-state index in [1.807, 2.05) is 0 Å². The van der Waals surface area contributed by atoms with Crippen molar-refractivity contribution in [1.82, 2.24) is 5.32 Å². The molecular weight excluding hydrogens is 404 g/mol. The first-order valence-corrected chi connectivity index (χ1v) is 12.9. The van der Waals surface area contributed by atoms with E-state index in [9.17, 15) is 20.0 Å². The van der Waals surface area contributed by atoms with Gasteiger partial charge in [-0.05, 0) is 67.1 Å². The van der Waals surface area contributed by atoms with Crippen molar-refractivity contribution < 1.29 is 14.8 Å². The minimum atomic E-state index is -1.10. The number of piperidine rings is 1. The first-order chi connectivity index (χ1) is 15.0. The molecule has 0 aromatic heterocycles. The van der Waals surface area contributed by atoms with E-state index < -0.39 is 16.4 Å². The van der Waals surface area contributed by atoms with Crippen molar-refractivity contribution in [3.63, 3.8) is 0 Å². The number of nitrogens with one attached hydrogen (secondary N) is 1. The number of hydrogen-bond donors (Lipinski definition) is 2. The molecule has 1 unspecified atom stereocenters. The monoisotopic (exact) mass is 446 g/mol. The molecule has 1 aliphatic heterocycles. The Morgan fingerprint density at radius 2 is 1.84 bits per heavy atom. The second-order valence-electron chi connectivity index (χ2n) is 12.2. The van der Waals surface area contributed by atoms with Crippen molar-refractivity contribution in [3.8, 4) is 0 Å². The van der Waals surface area contributed by atoms with E-state index in [0.717, 1.165) is 31.6 Å². The van der Waals surface area contributed by atoms with E-state index >= 15 is 0 Å². The Morgan fingerprint density at radius 1 is 1.12 bits per heavy atom. The van der Waals surface area contributed by atoms with Gasteiger partial charge in [-0.1, -0.05) is 53.9 Å². The van der Waals surface area contributed by atoms with Crippen LogP contribution >= 0.6 is 0 Å². The second kappa shape index (κ2) is 8.41. The Balaban J connectivity index is 1.64. The summed E-state index contributed by atoms with van der Waals surface area (Å²) in [5.74, 6) is 2.23. The zero-order valence-corrected chi connectivity index (χ0v) is 20.5. The van der Waals surface area contributed by atoms with Crippen LogP contribution in [0.4, 0.5) is 0 Å². The molecule has 180 valence electrons. The molecule has 0 radical (unpaired) electrons. The van der Waals surface area contributed by atoms with E-state index in [1.165, 1.54) is 19.3 Å². The Hall–Kier alpha value is -1.43. The molecule has 2 N–H and O–H groups in total. The van der Waals surface area contributed by atoms with Crippen LogP contribution in [0.25, 0.3) is 0 Å². The lowest BCUT2D eigenvalue weighted by atomic mass is 9.47. The summed E-state index contributed by atoms with van der Waals surface area (Å²) < 4.78 is 0. The van der Waals surface area contributed by atoms with Crippen molar-refractivity contribution in [2.45, 2.75) is 98.5 Å². The molecule has 1 saturated heterocycles. The number of rotatable bonds is 6. The highest BCUT2D eigenvalue weighted by Crippen LogP contribution is 2.67. The maximum absolute atomic E-state index is 12.1. The topological polar surface area (TPSA) is 92.5 Å². The molecule has 2 saturated carbocycles. The van der Waals surface area contributed by atoms with Crippen molar-refractivity contribution in [2.75, 3.05) is 0 Å². The number of fused-ring (bicyclic) bond motifs is 5. The van der Waals surface area contributed by atoms with Gasteiger partial charge in [0, 0.05) is 17.8 Å². The number of aliphatic hydroxyl groups is 1. The van der Waals surface area contributed by atoms with Crippen molar-refractivity contribution in [2.24, 2.45) is 46.3 Å². The molecule has 1 amide bonds. The molecule has 4 aliphatic rings. The molecule has 1 heterocycles. The molecule has 0 spiro atoms. The third-order valence-corrected chi connectivity index (χ3v) is 10.2. The fourth-order valence-corrected chi connectivity index (χ4v) is 8.50. The number of aliphatic hydroxyl groups excluding tert-OH is 1. The van der Waals surface area contributed by atoms with Crippen LogP contribution in [0, 0.1) is 56.5 Å². The van der Waals surface area contributed by atoms with Gasteiger partial charge >= 0.3 is 0 Å². The highest BCUT2D eigenvalue weighted by atomic mass is 16.6. The van der Waals surface area contributed by atoms with Crippen LogP contribution in [0.5, 0.6) is 0 Å². The third-order valence-electron chi connectivity index (χ3n) is 10.2. The third kappa shape index (κ3) is 3.61. The van der Waals surface area contributed by atoms with Gasteiger partial charge in [-0.15, -0.1) is 0 Å². The van der Waals surface area contributed by atoms with Gasteiger partial charge in [0.15, 0.2) is 0 Å². The first kappa shape index (κ1) is 23.7. The van der Waals surface area contributed by atoms with Crippen molar-refractivity contribution >= 4 is 5.91 Å². The molecule has 6 nitrogen and oxygen atoms in total. The Morgan fingerprint density at radius 3 is 2.50 bits per heavy atom. The predicted molar refractivity (Wildman–Crippen MR) is 124 cm³/mol. The Labute approximate surface area is 192 Å². The average molecular weight is 447 g/mol. The molecular formula is C26H42N2O4. The summed E-state index contributed by atoms with van der Waals surface area (Å²) in [6, 6.07) is 0. The summed E-state index contributed by atoms with van der Waals surface area (Å²) >= 11 is 0. The minimum Gasteiger partial charge on any atom is -0.381 e. The number of carbonyl (C=O) groups is 1. The molecule has 8 atom stereocenters. The predicted octanol–water partition coefficient (Wildman–Crippen LogP) is 5.29. The molecule has 0 aromatic carbocycles. The summed E-state index contributed by atoms with van der Waals surface area (Å²) in [5, 5.41) is 26.3. The van der Waals surface area contributed by atoms with Gasteiger partial charge in [-0.3, -0.25) is 14.9 Å². The number of hydrogen-bond acceptors (Lipinski definition) is 4. The lowest BCUT2D eigenvalue weighted by Crippen LogP contribution is -2.59. The highest BCUT2D eigenvalue weighted by molar-refractivity contribution is 5.79. The lowest BCUT2D eigenvalue weighted by molar-refractivity contribution is -0.444. The fourth-order valence-electron chi connectivity index (χ4n) is 8.50. The second-order valence-corrected chi connectivity index (χ2v) is 12.2. The molecule has 0 aromatic rings. The molecule has 3 aliphatic carbocycles. The number of carbonyl (C=O) groups excluding carboxylic acids is 1. The quantitative estimate of drug-likeness (QED) is 0.428. The Bertz CT molecular complexity index is 808. The zero-order valence-electron chi connectivity index (χ0n) is 20.5. The van der Waals surface area contributed by atoms with Crippen LogP contribution < -0.4 is 5.32 Å². The van der Waals surface area contributed by atoms with E-state index in [-0.39, 0.29) is 28.9 Å². The maximum atomic E-state index is 12.1. The summed E-state index contributed by atoms with van der Waals surface area (Å²) in [7, 11) is 0. The van der Waals surface area contributed by atoms with Gasteiger partial charge in [0.25, 0.3) is 5.70 Å². The maximum Gasteiger partial charge on any atom is 0.294 e. The lowest BCUT2D eigenvalue weighted by Gasteiger charge is -2.58. The van der Waals surface area contributed by atoms with Gasteiger partial charge in [0.2, 0.25) is 5.91 Å². The van der Waals surface area contributed by atoms with E-state index in [2.05, 4.69) is 39.9 Å². The van der Waals surface area contributed by atoms with Crippen LogP contribution in [0.3, 0.4) is 0 Å². The van der Waals surface area contributed by atoms with Crippen LogP contribution in [0.15, 0.2) is 11.4 Å². The molecule has 32 heavy (non-hydrogen) atoms. The molecule has 0 bridgehead atoms. The van der Waals surface area contributed by atoms with Crippen LogP contribution in [-0.2, 0) is 4.79 Å². The SMILES string of the molecule is CC(C)CCC[C@@H](C)[C@H]1CC[C@H]2[C@@H]3C(O)C([N+](=O)[O-])=C4NC(=O)CC[C@]4(C)[C@H]3CC[C@]12C. The number of nitro groups is 1. The van der Waals surface area contributed by atoms with Gasteiger partial charge in [-0.2, -0.15) is 0 Å². The van der Waals surface area contributed by atoms with Crippen LogP contribution in [0.1, 0.15) is 92.4 Å². The largest absolute Gasteiger partial charge is 0.381 e. The fraction of sp³-hybridized carbons (Fsp3) is 0.885. The van der Waals surface area contributed by atoms with Gasteiger partial charge in [0.05, 0.1) is 4.92 Å². The van der Waals surface area contributed by atoms with Gasteiger partial charge in [-0.25, -0.2) is 0 Å². The van der Waals surface area contributed by atoms with Gasteiger partial charge < -0.3 is 10.4 Å².